The Morgan fingerprint density at radius 2 is 2.18 bits per heavy atom. The molecule has 0 spiro atoms. The molecule has 0 saturated heterocycles. The van der Waals surface area contributed by atoms with Crippen LogP contribution in [0.1, 0.15) is 1.37 Å². The summed E-state index contributed by atoms with van der Waals surface area (Å²) in [5, 5.41) is 0.780. The fraction of sp³-hybridized carbons (Fsp3) is 0. The normalized spacial score (nSPS) is 11.5. The fourth-order valence-electron chi connectivity index (χ4n) is 0.952. The lowest BCUT2D eigenvalue weighted by molar-refractivity contribution is 0.561. The summed E-state index contributed by atoms with van der Waals surface area (Å²) in [6.45, 7) is 0. The van der Waals surface area contributed by atoms with Crippen molar-refractivity contribution in [2.45, 2.75) is 0 Å². The summed E-state index contributed by atoms with van der Waals surface area (Å²) >= 11 is 0. The summed E-state index contributed by atoms with van der Waals surface area (Å²) in [5.74, 6) is 0. The third-order valence-electron chi connectivity index (χ3n) is 1.46. The van der Waals surface area contributed by atoms with Crippen molar-refractivity contribution >= 4 is 11.0 Å². The Kier molecular flexibility index (Phi) is 1.04. The van der Waals surface area contributed by atoms with E-state index in [-0.39, 0.29) is 5.63 Å². The van der Waals surface area contributed by atoms with Crippen LogP contribution in [0.4, 0.5) is 0 Å². The van der Waals surface area contributed by atoms with Crippen molar-refractivity contribution in [3.8, 4) is 0 Å². The minimum atomic E-state index is -0.361. The van der Waals surface area contributed by atoms with Gasteiger partial charge in [-0.15, -0.1) is 0 Å². The van der Waals surface area contributed by atoms with E-state index < -0.39 is 0 Å². The predicted molar refractivity (Wildman–Crippen MR) is 42.5 cm³/mol. The molecule has 54 valence electrons. The Labute approximate surface area is 64.5 Å². The summed E-state index contributed by atoms with van der Waals surface area (Å²) in [7, 11) is 0. The highest BCUT2D eigenvalue weighted by molar-refractivity contribution is 5.75. The first-order valence-corrected chi connectivity index (χ1v) is 3.26. The van der Waals surface area contributed by atoms with Crippen LogP contribution in [0, 0.1) is 0 Å². The van der Waals surface area contributed by atoms with Crippen molar-refractivity contribution in [2.75, 3.05) is 0 Å². The first-order chi connectivity index (χ1) is 5.75. The molecule has 0 fully saturated rings. The molecule has 0 amide bonds. The van der Waals surface area contributed by atoms with Crippen molar-refractivity contribution in [2.24, 2.45) is 0 Å². The summed E-state index contributed by atoms with van der Waals surface area (Å²) in [6.07, 6.45) is 0. The lowest BCUT2D eigenvalue weighted by Gasteiger charge is -1.91. The molecule has 0 radical (unpaired) electrons. The standard InChI is InChI=1S/C9H6O2/c10-9-6-5-7-3-1-2-4-8(7)11-9/h1-6H/i1D. The third kappa shape index (κ3) is 1.03. The van der Waals surface area contributed by atoms with Crippen LogP contribution in [-0.2, 0) is 0 Å². The molecule has 2 nitrogen and oxygen atoms in total. The van der Waals surface area contributed by atoms with Crippen molar-refractivity contribution in [1.29, 1.82) is 0 Å². The molecule has 2 rings (SSSR count). The Balaban J connectivity index is 2.87. The van der Waals surface area contributed by atoms with Gasteiger partial charge in [-0.05, 0) is 12.1 Å². The second-order valence-electron chi connectivity index (χ2n) is 2.22. The van der Waals surface area contributed by atoms with Crippen molar-refractivity contribution < 1.29 is 5.79 Å². The van der Waals surface area contributed by atoms with Crippen molar-refractivity contribution in [1.82, 2.24) is 0 Å². The highest BCUT2D eigenvalue weighted by Gasteiger charge is 1.92. The third-order valence-corrected chi connectivity index (χ3v) is 1.46. The van der Waals surface area contributed by atoms with Gasteiger partial charge in [0.2, 0.25) is 0 Å². The van der Waals surface area contributed by atoms with Gasteiger partial charge in [-0.25, -0.2) is 4.79 Å². The average Bonchev–Trinajstić information content (AvgIpc) is 2.05. The zero-order valence-electron chi connectivity index (χ0n) is 6.70. The molecule has 0 N–H and O–H groups in total. The van der Waals surface area contributed by atoms with Gasteiger partial charge in [-0.2, -0.15) is 0 Å². The smallest absolute Gasteiger partial charge is 0.336 e. The Bertz CT molecular complexity index is 473. The lowest BCUT2D eigenvalue weighted by atomic mass is 10.2. The van der Waals surface area contributed by atoms with E-state index in [1.54, 1.807) is 24.3 Å². The average molecular weight is 147 g/mol. The molecule has 0 bridgehead atoms. The fourth-order valence-corrected chi connectivity index (χ4v) is 0.952. The zero-order valence-corrected chi connectivity index (χ0v) is 5.70. The van der Waals surface area contributed by atoms with Crippen LogP contribution < -0.4 is 5.63 Å². The molecule has 2 heteroatoms. The molecule has 0 aliphatic heterocycles. The molecular weight excluding hydrogens is 140 g/mol. The van der Waals surface area contributed by atoms with Gasteiger partial charge in [0, 0.05) is 11.5 Å². The Morgan fingerprint density at radius 1 is 1.27 bits per heavy atom. The predicted octanol–water partition coefficient (Wildman–Crippen LogP) is 1.79. The maximum atomic E-state index is 10.8. The van der Waals surface area contributed by atoms with Crippen molar-refractivity contribution in [3.63, 3.8) is 0 Å². The largest absolute Gasteiger partial charge is 0.423 e. The van der Waals surface area contributed by atoms with E-state index >= 15 is 0 Å². The maximum Gasteiger partial charge on any atom is 0.336 e. The molecule has 0 unspecified atom stereocenters. The zero-order chi connectivity index (χ0) is 8.55. The van der Waals surface area contributed by atoms with Gasteiger partial charge in [-0.3, -0.25) is 0 Å². The van der Waals surface area contributed by atoms with Gasteiger partial charge < -0.3 is 4.42 Å². The molecule has 0 aliphatic carbocycles. The van der Waals surface area contributed by atoms with Crippen LogP contribution in [0.15, 0.2) is 45.6 Å². The van der Waals surface area contributed by atoms with E-state index in [0.717, 1.165) is 5.39 Å². The van der Waals surface area contributed by atoms with Crippen LogP contribution in [0.5, 0.6) is 0 Å². The van der Waals surface area contributed by atoms with E-state index in [2.05, 4.69) is 0 Å². The van der Waals surface area contributed by atoms with E-state index in [0.29, 0.717) is 11.6 Å². The maximum absolute atomic E-state index is 10.8. The number of hydrogen-bond donors (Lipinski definition) is 0. The van der Waals surface area contributed by atoms with Crippen LogP contribution in [0.2, 0.25) is 0 Å². The van der Waals surface area contributed by atoms with Gasteiger partial charge in [0.15, 0.2) is 0 Å². The molecule has 1 aromatic heterocycles. The molecule has 0 saturated carbocycles. The van der Waals surface area contributed by atoms with E-state index in [4.69, 9.17) is 5.79 Å². The summed E-state index contributed by atoms with van der Waals surface area (Å²) in [6, 6.07) is 8.28. The SMILES string of the molecule is [2H]c1ccc2oc(=O)ccc2c1. The minimum Gasteiger partial charge on any atom is -0.423 e. The Hall–Kier alpha value is -1.57. The van der Waals surface area contributed by atoms with E-state index in [1.807, 2.05) is 0 Å². The van der Waals surface area contributed by atoms with Crippen LogP contribution in [-0.4, -0.2) is 0 Å². The second-order valence-corrected chi connectivity index (χ2v) is 2.22. The molecule has 0 aliphatic rings. The van der Waals surface area contributed by atoms with Gasteiger partial charge in [-0.1, -0.05) is 18.2 Å². The van der Waals surface area contributed by atoms with Crippen LogP contribution >= 0.6 is 0 Å². The quantitative estimate of drug-likeness (QED) is 0.532. The van der Waals surface area contributed by atoms with Gasteiger partial charge in [0.1, 0.15) is 5.58 Å². The number of benzene rings is 1. The number of hydrogen-bond acceptors (Lipinski definition) is 2. The molecule has 2 aromatic rings. The first-order valence-electron chi connectivity index (χ1n) is 3.76. The molecule has 0 atom stereocenters. The summed E-state index contributed by atoms with van der Waals surface area (Å²) in [4.78, 5) is 10.8. The Morgan fingerprint density at radius 3 is 3.09 bits per heavy atom. The minimum absolute atomic E-state index is 0.361. The molecule has 11 heavy (non-hydrogen) atoms. The number of para-hydroxylation sites is 1. The van der Waals surface area contributed by atoms with Crippen molar-refractivity contribution in [3.05, 3.63) is 46.8 Å². The van der Waals surface area contributed by atoms with Gasteiger partial charge in [0.05, 0.1) is 1.37 Å². The monoisotopic (exact) mass is 147 g/mol. The molecule has 1 aromatic carbocycles. The van der Waals surface area contributed by atoms with E-state index in [1.165, 1.54) is 6.07 Å². The highest BCUT2D eigenvalue weighted by Crippen LogP contribution is 2.08. The first kappa shape index (κ1) is 5.13. The topological polar surface area (TPSA) is 30.2 Å². The van der Waals surface area contributed by atoms with Gasteiger partial charge in [0.25, 0.3) is 0 Å². The summed E-state index contributed by atoms with van der Waals surface area (Å²) < 4.78 is 12.2. The second kappa shape index (κ2) is 2.23. The molecular formula is C9H6O2. The lowest BCUT2D eigenvalue weighted by Crippen LogP contribution is -1.93. The van der Waals surface area contributed by atoms with Gasteiger partial charge >= 0.3 is 5.63 Å². The van der Waals surface area contributed by atoms with Crippen LogP contribution in [0.25, 0.3) is 11.0 Å². The van der Waals surface area contributed by atoms with Crippen LogP contribution in [0.3, 0.4) is 0 Å². The molecule has 1 heterocycles. The number of fused-ring (bicyclic) bond motifs is 1. The summed E-state index contributed by atoms with van der Waals surface area (Å²) in [5.41, 5.74) is 0.165. The van der Waals surface area contributed by atoms with E-state index in [9.17, 15) is 4.79 Å². The highest BCUT2D eigenvalue weighted by atomic mass is 16.4. The number of rotatable bonds is 0.